The minimum atomic E-state index is -0.299. The van der Waals surface area contributed by atoms with Gasteiger partial charge < -0.3 is 15.3 Å². The van der Waals surface area contributed by atoms with Crippen LogP contribution in [0.3, 0.4) is 0 Å². The maximum atomic E-state index is 12.1. The monoisotopic (exact) mass is 332 g/mol. The molecule has 3 rings (SSSR count). The van der Waals surface area contributed by atoms with Gasteiger partial charge in [0.25, 0.3) is 5.91 Å². The molecule has 0 saturated carbocycles. The maximum absolute atomic E-state index is 12.1. The summed E-state index contributed by atoms with van der Waals surface area (Å²) in [5, 5.41) is 2.68. The van der Waals surface area contributed by atoms with E-state index in [1.54, 1.807) is 36.5 Å². The Balaban J connectivity index is 1.88. The van der Waals surface area contributed by atoms with Crippen molar-refractivity contribution in [3.05, 3.63) is 57.0 Å². The molecule has 3 N–H and O–H groups in total. The number of aromatic nitrogens is 3. The number of nitrogens with one attached hydrogen (secondary N) is 3. The van der Waals surface area contributed by atoms with Gasteiger partial charge >= 0.3 is 5.69 Å². The van der Waals surface area contributed by atoms with Crippen LogP contribution in [-0.2, 0) is 0 Å². The molecule has 100 valence electrons. The van der Waals surface area contributed by atoms with Crippen LogP contribution in [0.25, 0.3) is 11.0 Å². The van der Waals surface area contributed by atoms with Crippen LogP contribution in [-0.4, -0.2) is 20.9 Å². The van der Waals surface area contributed by atoms with E-state index in [0.29, 0.717) is 22.4 Å². The Labute approximate surface area is 121 Å². The van der Waals surface area contributed by atoms with Gasteiger partial charge in [-0.25, -0.2) is 9.78 Å². The zero-order valence-corrected chi connectivity index (χ0v) is 11.7. The highest BCUT2D eigenvalue weighted by Crippen LogP contribution is 2.14. The molecule has 0 atom stereocenters. The summed E-state index contributed by atoms with van der Waals surface area (Å²) in [6, 6.07) is 8.41. The van der Waals surface area contributed by atoms with Crippen molar-refractivity contribution in [2.24, 2.45) is 0 Å². The van der Waals surface area contributed by atoms with Gasteiger partial charge in [-0.15, -0.1) is 0 Å². The van der Waals surface area contributed by atoms with E-state index >= 15 is 0 Å². The molecule has 2 aromatic heterocycles. The van der Waals surface area contributed by atoms with Crippen molar-refractivity contribution in [3.8, 4) is 0 Å². The molecular weight excluding hydrogens is 324 g/mol. The summed E-state index contributed by atoms with van der Waals surface area (Å²) in [5.41, 5.74) is 1.39. The number of carbonyl (C=O) groups excluding carboxylic acids is 1. The number of H-pyrrole nitrogens is 2. The fourth-order valence-corrected chi connectivity index (χ4v) is 2.05. The Bertz CT molecular complexity index is 835. The number of rotatable bonds is 2. The molecule has 0 aliphatic rings. The number of anilines is 1. The predicted octanol–water partition coefficient (Wildman–Crippen LogP) is 2.27. The van der Waals surface area contributed by atoms with Crippen LogP contribution < -0.4 is 11.0 Å². The molecule has 0 aliphatic heterocycles. The van der Waals surface area contributed by atoms with Crippen LogP contribution in [0.2, 0.25) is 0 Å². The minimum absolute atomic E-state index is 0.288. The second-order valence-corrected chi connectivity index (χ2v) is 5.07. The number of imidazole rings is 1. The molecule has 1 amide bonds. The highest BCUT2D eigenvalue weighted by molar-refractivity contribution is 9.10. The third-order valence-electron chi connectivity index (χ3n) is 2.75. The fourth-order valence-electron chi connectivity index (χ4n) is 1.81. The van der Waals surface area contributed by atoms with Gasteiger partial charge in [0.05, 0.1) is 11.0 Å². The Morgan fingerprint density at radius 3 is 2.70 bits per heavy atom. The summed E-state index contributed by atoms with van der Waals surface area (Å²) in [4.78, 5) is 32.6. The first-order valence-corrected chi connectivity index (χ1v) is 6.56. The topological polar surface area (TPSA) is 90.6 Å². The third kappa shape index (κ3) is 2.48. The standard InChI is InChI=1S/C13H9BrN4O2/c14-8-2-4-11(15-6-8)18-12(19)7-1-3-9-10(5-7)17-13(20)16-9/h1-6H,(H,15,18,19)(H2,16,17,20). The number of aromatic amines is 2. The first-order chi connectivity index (χ1) is 9.61. The second kappa shape index (κ2) is 4.93. The van der Waals surface area contributed by atoms with E-state index in [9.17, 15) is 9.59 Å². The first-order valence-electron chi connectivity index (χ1n) is 5.77. The predicted molar refractivity (Wildman–Crippen MR) is 78.8 cm³/mol. The molecule has 1 aromatic carbocycles. The Morgan fingerprint density at radius 1 is 1.15 bits per heavy atom. The van der Waals surface area contributed by atoms with E-state index < -0.39 is 0 Å². The summed E-state index contributed by atoms with van der Waals surface area (Å²) in [6.45, 7) is 0. The maximum Gasteiger partial charge on any atom is 0.323 e. The first kappa shape index (κ1) is 12.6. The normalized spacial score (nSPS) is 10.7. The molecule has 2 heterocycles. The summed E-state index contributed by atoms with van der Waals surface area (Å²) < 4.78 is 0.835. The van der Waals surface area contributed by atoms with Gasteiger partial charge in [0.15, 0.2) is 0 Å². The van der Waals surface area contributed by atoms with Crippen molar-refractivity contribution >= 4 is 38.7 Å². The zero-order valence-electron chi connectivity index (χ0n) is 10.1. The van der Waals surface area contributed by atoms with Gasteiger partial charge in [0, 0.05) is 16.2 Å². The Hall–Kier alpha value is -2.41. The van der Waals surface area contributed by atoms with E-state index in [2.05, 4.69) is 36.2 Å². The van der Waals surface area contributed by atoms with E-state index in [1.807, 2.05) is 0 Å². The van der Waals surface area contributed by atoms with Crippen LogP contribution in [0.15, 0.2) is 45.8 Å². The van der Waals surface area contributed by atoms with E-state index in [-0.39, 0.29) is 11.6 Å². The van der Waals surface area contributed by atoms with Gasteiger partial charge in [-0.3, -0.25) is 4.79 Å². The molecule has 0 radical (unpaired) electrons. The highest BCUT2D eigenvalue weighted by atomic mass is 79.9. The molecule has 6 nitrogen and oxygen atoms in total. The number of pyridine rings is 1. The van der Waals surface area contributed by atoms with Gasteiger partial charge in [0.1, 0.15) is 5.82 Å². The Kier molecular flexibility index (Phi) is 3.11. The van der Waals surface area contributed by atoms with Crippen molar-refractivity contribution in [2.75, 3.05) is 5.32 Å². The molecule has 0 fully saturated rings. The lowest BCUT2D eigenvalue weighted by Crippen LogP contribution is -2.12. The molecular formula is C13H9BrN4O2. The molecule has 0 saturated heterocycles. The number of hydrogen-bond donors (Lipinski definition) is 3. The SMILES string of the molecule is O=C(Nc1ccc(Br)cn1)c1ccc2[nH]c(=O)[nH]c2c1. The molecule has 0 aliphatic carbocycles. The van der Waals surface area contributed by atoms with Crippen molar-refractivity contribution < 1.29 is 4.79 Å². The fraction of sp³-hybridized carbons (Fsp3) is 0. The van der Waals surface area contributed by atoms with Crippen LogP contribution in [0.1, 0.15) is 10.4 Å². The number of fused-ring (bicyclic) bond motifs is 1. The lowest BCUT2D eigenvalue weighted by molar-refractivity contribution is 0.102. The van der Waals surface area contributed by atoms with Crippen LogP contribution >= 0.6 is 15.9 Å². The highest BCUT2D eigenvalue weighted by Gasteiger charge is 2.08. The van der Waals surface area contributed by atoms with Gasteiger partial charge in [0.2, 0.25) is 0 Å². The molecule has 0 unspecified atom stereocenters. The van der Waals surface area contributed by atoms with E-state index in [0.717, 1.165) is 4.47 Å². The Morgan fingerprint density at radius 2 is 1.95 bits per heavy atom. The van der Waals surface area contributed by atoms with Gasteiger partial charge in [-0.2, -0.15) is 0 Å². The van der Waals surface area contributed by atoms with Crippen LogP contribution in [0.5, 0.6) is 0 Å². The summed E-state index contributed by atoms with van der Waals surface area (Å²) >= 11 is 3.27. The van der Waals surface area contributed by atoms with Crippen LogP contribution in [0, 0.1) is 0 Å². The summed E-state index contributed by atoms with van der Waals surface area (Å²) in [6.07, 6.45) is 1.60. The van der Waals surface area contributed by atoms with Crippen molar-refractivity contribution in [3.63, 3.8) is 0 Å². The minimum Gasteiger partial charge on any atom is -0.307 e. The number of nitrogens with zero attached hydrogens (tertiary/aromatic N) is 1. The largest absolute Gasteiger partial charge is 0.323 e. The second-order valence-electron chi connectivity index (χ2n) is 4.16. The summed E-state index contributed by atoms with van der Waals surface area (Å²) in [7, 11) is 0. The number of carbonyl (C=O) groups is 1. The molecule has 7 heteroatoms. The molecule has 20 heavy (non-hydrogen) atoms. The lowest BCUT2D eigenvalue weighted by atomic mass is 10.2. The molecule has 0 bridgehead atoms. The summed E-state index contributed by atoms with van der Waals surface area (Å²) in [5.74, 6) is 0.171. The average Bonchev–Trinajstić information content (AvgIpc) is 2.80. The lowest BCUT2D eigenvalue weighted by Gasteiger charge is -2.04. The van der Waals surface area contributed by atoms with Crippen molar-refractivity contribution in [1.29, 1.82) is 0 Å². The van der Waals surface area contributed by atoms with Crippen molar-refractivity contribution in [1.82, 2.24) is 15.0 Å². The number of hydrogen-bond acceptors (Lipinski definition) is 3. The number of amides is 1. The molecule has 3 aromatic rings. The third-order valence-corrected chi connectivity index (χ3v) is 3.22. The van der Waals surface area contributed by atoms with Gasteiger partial charge in [-0.1, -0.05) is 0 Å². The van der Waals surface area contributed by atoms with E-state index in [4.69, 9.17) is 0 Å². The number of halogens is 1. The molecule has 0 spiro atoms. The quantitative estimate of drug-likeness (QED) is 0.672. The van der Waals surface area contributed by atoms with Gasteiger partial charge in [-0.05, 0) is 46.3 Å². The van der Waals surface area contributed by atoms with E-state index in [1.165, 1.54) is 0 Å². The van der Waals surface area contributed by atoms with Crippen molar-refractivity contribution in [2.45, 2.75) is 0 Å². The average molecular weight is 333 g/mol. The van der Waals surface area contributed by atoms with Crippen LogP contribution in [0.4, 0.5) is 5.82 Å². The smallest absolute Gasteiger partial charge is 0.307 e. The zero-order chi connectivity index (χ0) is 14.1. The number of benzene rings is 1.